The van der Waals surface area contributed by atoms with Crippen LogP contribution < -0.4 is 5.73 Å². The van der Waals surface area contributed by atoms with Crippen molar-refractivity contribution in [2.24, 2.45) is 12.8 Å². The van der Waals surface area contributed by atoms with E-state index in [0.717, 1.165) is 5.01 Å². The van der Waals surface area contributed by atoms with Crippen molar-refractivity contribution in [3.05, 3.63) is 41.7 Å². The maximum atomic E-state index is 5.60. The van der Waals surface area contributed by atoms with Crippen molar-refractivity contribution in [2.45, 2.75) is 6.54 Å². The van der Waals surface area contributed by atoms with E-state index in [1.807, 2.05) is 6.20 Å². The Hall–Kier alpha value is -1.65. The van der Waals surface area contributed by atoms with E-state index < -0.39 is 0 Å². The lowest BCUT2D eigenvalue weighted by Crippen LogP contribution is -1.93. The largest absolute Gasteiger partial charge is 0.350 e. The van der Waals surface area contributed by atoms with Gasteiger partial charge in [-0.1, -0.05) is 18.2 Å². The predicted molar refractivity (Wildman–Crippen MR) is 71.9 cm³/mol. The van der Waals surface area contributed by atoms with Gasteiger partial charge in [-0.05, 0) is 6.07 Å². The molecule has 0 aliphatic heterocycles. The maximum Gasteiger partial charge on any atom is 0.107 e. The molecule has 0 aliphatic rings. The summed E-state index contributed by atoms with van der Waals surface area (Å²) in [5, 5.41) is 2.25. The molecule has 0 unspecified atom stereocenters. The van der Waals surface area contributed by atoms with Crippen molar-refractivity contribution in [1.29, 1.82) is 0 Å². The first-order valence-electron chi connectivity index (χ1n) is 5.49. The second kappa shape index (κ2) is 3.98. The number of nitrogens with zero attached hydrogens (tertiary/aromatic N) is 2. The van der Waals surface area contributed by atoms with Gasteiger partial charge in [-0.2, -0.15) is 0 Å². The lowest BCUT2D eigenvalue weighted by Gasteiger charge is -1.93. The summed E-state index contributed by atoms with van der Waals surface area (Å²) >= 11 is 1.66. The molecular weight excluding hydrogens is 230 g/mol. The number of rotatable bonds is 2. The molecule has 4 heteroatoms. The zero-order valence-corrected chi connectivity index (χ0v) is 10.4. The molecule has 0 aliphatic carbocycles. The number of para-hydroxylation sites is 1. The number of aromatic nitrogens is 2. The molecule has 3 nitrogen and oxygen atoms in total. The Morgan fingerprint density at radius 1 is 1.35 bits per heavy atom. The van der Waals surface area contributed by atoms with Gasteiger partial charge in [-0.3, -0.25) is 0 Å². The van der Waals surface area contributed by atoms with E-state index in [4.69, 9.17) is 5.73 Å². The Kier molecular flexibility index (Phi) is 2.46. The Bertz CT molecular complexity index is 666. The van der Waals surface area contributed by atoms with Gasteiger partial charge >= 0.3 is 0 Å². The fourth-order valence-electron chi connectivity index (χ4n) is 2.07. The van der Waals surface area contributed by atoms with Crippen LogP contribution in [0.15, 0.2) is 36.7 Å². The zero-order chi connectivity index (χ0) is 11.8. The van der Waals surface area contributed by atoms with Gasteiger partial charge in [-0.25, -0.2) is 4.98 Å². The first-order valence-corrected chi connectivity index (χ1v) is 6.30. The van der Waals surface area contributed by atoms with Crippen molar-refractivity contribution < 1.29 is 0 Å². The Labute approximate surface area is 104 Å². The Balaban J connectivity index is 2.23. The van der Waals surface area contributed by atoms with E-state index in [-0.39, 0.29) is 0 Å². The summed E-state index contributed by atoms with van der Waals surface area (Å²) < 4.78 is 2.15. The van der Waals surface area contributed by atoms with Crippen LogP contribution in [0.2, 0.25) is 0 Å². The SMILES string of the molecule is Cn1cc(-c2cnc(CN)s2)c2ccccc21. The van der Waals surface area contributed by atoms with Crippen LogP contribution in [0.1, 0.15) is 5.01 Å². The van der Waals surface area contributed by atoms with Gasteiger partial charge in [0.05, 0.1) is 4.88 Å². The predicted octanol–water partition coefficient (Wildman–Crippen LogP) is 2.76. The molecule has 0 amide bonds. The fourth-order valence-corrected chi connectivity index (χ4v) is 2.89. The van der Waals surface area contributed by atoms with Gasteiger partial charge in [-0.15, -0.1) is 11.3 Å². The van der Waals surface area contributed by atoms with Crippen molar-refractivity contribution in [3.63, 3.8) is 0 Å². The molecule has 0 fully saturated rings. The number of benzene rings is 1. The van der Waals surface area contributed by atoms with E-state index in [0.29, 0.717) is 6.54 Å². The van der Waals surface area contributed by atoms with E-state index in [9.17, 15) is 0 Å². The maximum absolute atomic E-state index is 5.60. The molecule has 3 rings (SSSR count). The number of hydrogen-bond acceptors (Lipinski definition) is 3. The average molecular weight is 243 g/mol. The van der Waals surface area contributed by atoms with Crippen molar-refractivity contribution in [1.82, 2.24) is 9.55 Å². The molecular formula is C13H13N3S. The van der Waals surface area contributed by atoms with Gasteiger partial charge in [0.25, 0.3) is 0 Å². The molecule has 2 heterocycles. The molecule has 17 heavy (non-hydrogen) atoms. The number of fused-ring (bicyclic) bond motifs is 1. The van der Waals surface area contributed by atoms with E-state index in [1.165, 1.54) is 21.3 Å². The molecule has 0 atom stereocenters. The van der Waals surface area contributed by atoms with Crippen LogP contribution in [0.4, 0.5) is 0 Å². The van der Waals surface area contributed by atoms with Crippen molar-refractivity contribution >= 4 is 22.2 Å². The molecule has 3 aromatic rings. The Morgan fingerprint density at radius 2 is 2.18 bits per heavy atom. The number of hydrogen-bond donors (Lipinski definition) is 1. The third-order valence-electron chi connectivity index (χ3n) is 2.89. The highest BCUT2D eigenvalue weighted by molar-refractivity contribution is 7.15. The first-order chi connectivity index (χ1) is 8.29. The molecule has 86 valence electrons. The molecule has 0 spiro atoms. The summed E-state index contributed by atoms with van der Waals surface area (Å²) in [6.07, 6.45) is 4.06. The lowest BCUT2D eigenvalue weighted by molar-refractivity contribution is 0.970. The van der Waals surface area contributed by atoms with E-state index in [1.54, 1.807) is 11.3 Å². The minimum atomic E-state index is 0.509. The highest BCUT2D eigenvalue weighted by atomic mass is 32.1. The number of thiazole rings is 1. The summed E-state index contributed by atoms with van der Waals surface area (Å²) in [6, 6.07) is 8.40. The Morgan fingerprint density at radius 3 is 2.94 bits per heavy atom. The van der Waals surface area contributed by atoms with Crippen LogP contribution in [0.5, 0.6) is 0 Å². The number of nitrogens with two attached hydrogens (primary N) is 1. The topological polar surface area (TPSA) is 43.8 Å². The van der Waals surface area contributed by atoms with Crippen LogP contribution >= 0.6 is 11.3 Å². The molecule has 1 aromatic carbocycles. The van der Waals surface area contributed by atoms with Crippen molar-refractivity contribution in [2.75, 3.05) is 0 Å². The summed E-state index contributed by atoms with van der Waals surface area (Å²) in [7, 11) is 2.07. The minimum Gasteiger partial charge on any atom is -0.350 e. The van der Waals surface area contributed by atoms with Gasteiger partial charge < -0.3 is 10.3 Å². The smallest absolute Gasteiger partial charge is 0.107 e. The molecule has 0 saturated heterocycles. The molecule has 0 radical (unpaired) electrons. The molecule has 2 aromatic heterocycles. The minimum absolute atomic E-state index is 0.509. The van der Waals surface area contributed by atoms with Crippen LogP contribution in [0.3, 0.4) is 0 Å². The van der Waals surface area contributed by atoms with Crippen LogP contribution in [0.25, 0.3) is 21.3 Å². The van der Waals surface area contributed by atoms with Gasteiger partial charge in [0.2, 0.25) is 0 Å². The van der Waals surface area contributed by atoms with Gasteiger partial charge in [0.15, 0.2) is 0 Å². The third-order valence-corrected chi connectivity index (χ3v) is 3.94. The third kappa shape index (κ3) is 1.66. The first kappa shape index (κ1) is 10.5. The second-order valence-corrected chi connectivity index (χ2v) is 5.11. The van der Waals surface area contributed by atoms with Crippen LogP contribution in [0, 0.1) is 0 Å². The highest BCUT2D eigenvalue weighted by Crippen LogP contribution is 2.33. The lowest BCUT2D eigenvalue weighted by atomic mass is 10.1. The standard InChI is InChI=1S/C13H13N3S/c1-16-8-10(9-4-2-3-5-11(9)16)12-7-15-13(6-14)17-12/h2-5,7-8H,6,14H2,1H3. The summed E-state index contributed by atoms with van der Waals surface area (Å²) in [4.78, 5) is 5.49. The molecule has 2 N–H and O–H groups in total. The highest BCUT2D eigenvalue weighted by Gasteiger charge is 2.10. The van der Waals surface area contributed by atoms with Gasteiger partial charge in [0.1, 0.15) is 5.01 Å². The summed E-state index contributed by atoms with van der Waals surface area (Å²) in [5.74, 6) is 0. The molecule has 0 saturated carbocycles. The number of aryl methyl sites for hydroxylation is 1. The fraction of sp³-hybridized carbons (Fsp3) is 0.154. The monoisotopic (exact) mass is 243 g/mol. The average Bonchev–Trinajstić information content (AvgIpc) is 2.95. The van der Waals surface area contributed by atoms with Crippen LogP contribution in [-0.2, 0) is 13.6 Å². The van der Waals surface area contributed by atoms with E-state index in [2.05, 4.69) is 47.1 Å². The second-order valence-electron chi connectivity index (χ2n) is 3.99. The van der Waals surface area contributed by atoms with Crippen molar-refractivity contribution in [3.8, 4) is 10.4 Å². The summed E-state index contributed by atoms with van der Waals surface area (Å²) in [6.45, 7) is 0.509. The quantitative estimate of drug-likeness (QED) is 0.752. The normalized spacial score (nSPS) is 11.2. The molecule has 0 bridgehead atoms. The summed E-state index contributed by atoms with van der Waals surface area (Å²) in [5.41, 5.74) is 8.08. The zero-order valence-electron chi connectivity index (χ0n) is 9.55. The van der Waals surface area contributed by atoms with Gasteiger partial charge in [0, 0.05) is 42.5 Å². The van der Waals surface area contributed by atoms with E-state index >= 15 is 0 Å². The van der Waals surface area contributed by atoms with Crippen LogP contribution in [-0.4, -0.2) is 9.55 Å².